The zero-order valence-corrected chi connectivity index (χ0v) is 11.9. The number of carboxylic acid groups (broad SMARTS) is 1. The van der Waals surface area contributed by atoms with E-state index in [-0.39, 0.29) is 18.9 Å². The summed E-state index contributed by atoms with van der Waals surface area (Å²) in [7, 11) is 0. The number of thiazole rings is 1. The van der Waals surface area contributed by atoms with Crippen molar-refractivity contribution in [2.75, 3.05) is 16.8 Å². The second-order valence-corrected chi connectivity index (χ2v) is 5.50. The number of rotatable bonds is 4. The van der Waals surface area contributed by atoms with E-state index >= 15 is 0 Å². The maximum absolute atomic E-state index is 11.8. The fraction of sp³-hybridized carbons (Fsp3) is 0.214. The molecule has 0 saturated heterocycles. The summed E-state index contributed by atoms with van der Waals surface area (Å²) in [4.78, 5) is 28.7. The predicted molar refractivity (Wildman–Crippen MR) is 80.1 cm³/mol. The second-order valence-electron chi connectivity index (χ2n) is 4.67. The quantitative estimate of drug-likeness (QED) is 0.905. The number of fused-ring (bicyclic) bond motifs is 1. The van der Waals surface area contributed by atoms with E-state index in [1.807, 2.05) is 34.5 Å². The molecule has 0 aliphatic carbocycles. The Morgan fingerprint density at radius 3 is 3.05 bits per heavy atom. The van der Waals surface area contributed by atoms with Crippen LogP contribution in [0.15, 0.2) is 29.6 Å². The summed E-state index contributed by atoms with van der Waals surface area (Å²) in [6, 6.07) is 7.54. The van der Waals surface area contributed by atoms with Gasteiger partial charge in [0, 0.05) is 11.8 Å². The van der Waals surface area contributed by atoms with Gasteiger partial charge < -0.3 is 15.3 Å². The van der Waals surface area contributed by atoms with Gasteiger partial charge >= 0.3 is 5.97 Å². The molecule has 1 aromatic carbocycles. The molecule has 3 rings (SSSR count). The minimum Gasteiger partial charge on any atom is -0.481 e. The van der Waals surface area contributed by atoms with Gasteiger partial charge in [0.1, 0.15) is 6.54 Å². The first kappa shape index (κ1) is 13.6. The Hall–Kier alpha value is -2.41. The molecular weight excluding hydrogens is 290 g/mol. The van der Waals surface area contributed by atoms with Crippen molar-refractivity contribution < 1.29 is 14.7 Å². The Bertz CT molecular complexity index is 698. The lowest BCUT2D eigenvalue weighted by Gasteiger charge is -2.28. The number of nitrogens with zero attached hydrogens (tertiary/aromatic N) is 2. The molecule has 1 aliphatic heterocycles. The highest BCUT2D eigenvalue weighted by molar-refractivity contribution is 7.13. The summed E-state index contributed by atoms with van der Waals surface area (Å²) in [5.74, 6) is -0.928. The fourth-order valence-corrected chi connectivity index (χ4v) is 3.05. The molecule has 2 aromatic rings. The van der Waals surface area contributed by atoms with Crippen molar-refractivity contribution in [1.82, 2.24) is 4.98 Å². The fourth-order valence-electron chi connectivity index (χ4n) is 2.17. The molecule has 1 aromatic heterocycles. The number of carbonyl (C=O) groups excluding carboxylic acids is 1. The van der Waals surface area contributed by atoms with E-state index in [1.54, 1.807) is 0 Å². The molecule has 0 radical (unpaired) electrons. The number of carboxylic acids is 1. The van der Waals surface area contributed by atoms with Gasteiger partial charge in [0.25, 0.3) is 0 Å². The third kappa shape index (κ3) is 2.87. The van der Waals surface area contributed by atoms with Gasteiger partial charge in [0.2, 0.25) is 5.91 Å². The summed E-state index contributed by atoms with van der Waals surface area (Å²) < 4.78 is 0. The van der Waals surface area contributed by atoms with Gasteiger partial charge in [-0.15, -0.1) is 11.3 Å². The number of hydrogen-bond donors (Lipinski definition) is 2. The normalized spacial score (nSPS) is 13.7. The van der Waals surface area contributed by atoms with Crippen LogP contribution in [0, 0.1) is 0 Å². The van der Waals surface area contributed by atoms with E-state index in [9.17, 15) is 9.59 Å². The Balaban J connectivity index is 1.87. The van der Waals surface area contributed by atoms with Crippen molar-refractivity contribution in [3.8, 4) is 0 Å². The van der Waals surface area contributed by atoms with Crippen LogP contribution in [0.5, 0.6) is 0 Å². The maximum Gasteiger partial charge on any atom is 0.303 e. The van der Waals surface area contributed by atoms with Crippen LogP contribution in [0.25, 0.3) is 0 Å². The van der Waals surface area contributed by atoms with Gasteiger partial charge in [-0.05, 0) is 12.1 Å². The highest BCUT2D eigenvalue weighted by Gasteiger charge is 2.24. The van der Waals surface area contributed by atoms with Crippen LogP contribution in [0.2, 0.25) is 0 Å². The summed E-state index contributed by atoms with van der Waals surface area (Å²) in [5.41, 5.74) is 2.40. The van der Waals surface area contributed by atoms with Crippen molar-refractivity contribution in [1.29, 1.82) is 0 Å². The first-order chi connectivity index (χ1) is 10.1. The van der Waals surface area contributed by atoms with Crippen LogP contribution in [-0.4, -0.2) is 28.5 Å². The van der Waals surface area contributed by atoms with E-state index in [4.69, 9.17) is 5.11 Å². The molecular formula is C14H13N3O3S. The van der Waals surface area contributed by atoms with E-state index in [0.29, 0.717) is 11.6 Å². The molecule has 0 fully saturated rings. The standard InChI is InChI=1S/C14H13N3O3S/c18-12-7-17(11-4-2-1-3-10(11)16-12)14-15-9(8-21-14)5-6-13(19)20/h1-4,8H,5-7H2,(H,16,18)(H,19,20). The molecule has 0 atom stereocenters. The van der Waals surface area contributed by atoms with Gasteiger partial charge in [-0.2, -0.15) is 0 Å². The zero-order valence-electron chi connectivity index (χ0n) is 11.1. The van der Waals surface area contributed by atoms with Gasteiger partial charge in [-0.25, -0.2) is 4.98 Å². The monoisotopic (exact) mass is 303 g/mol. The number of benzene rings is 1. The van der Waals surface area contributed by atoms with Crippen LogP contribution in [0.1, 0.15) is 12.1 Å². The minimum atomic E-state index is -0.841. The summed E-state index contributed by atoms with van der Waals surface area (Å²) >= 11 is 1.42. The van der Waals surface area contributed by atoms with Crippen molar-refractivity contribution in [2.24, 2.45) is 0 Å². The van der Waals surface area contributed by atoms with Crippen LogP contribution in [-0.2, 0) is 16.0 Å². The molecule has 0 saturated carbocycles. The van der Waals surface area contributed by atoms with Gasteiger partial charge in [-0.3, -0.25) is 9.59 Å². The summed E-state index contributed by atoms with van der Waals surface area (Å²) in [6.07, 6.45) is 0.452. The number of aliphatic carboxylic acids is 1. The van der Waals surface area contributed by atoms with Crippen molar-refractivity contribution in [2.45, 2.75) is 12.8 Å². The summed E-state index contributed by atoms with van der Waals surface area (Å²) in [6.45, 7) is 0.211. The number of para-hydroxylation sites is 2. The molecule has 1 amide bonds. The van der Waals surface area contributed by atoms with Crippen LogP contribution >= 0.6 is 11.3 Å². The number of aromatic nitrogens is 1. The number of carbonyl (C=O) groups is 2. The molecule has 0 bridgehead atoms. The lowest BCUT2D eigenvalue weighted by Crippen LogP contribution is -2.34. The highest BCUT2D eigenvalue weighted by atomic mass is 32.1. The smallest absolute Gasteiger partial charge is 0.303 e. The molecule has 21 heavy (non-hydrogen) atoms. The average molecular weight is 303 g/mol. The topological polar surface area (TPSA) is 82.5 Å². The molecule has 2 heterocycles. The molecule has 108 valence electrons. The van der Waals surface area contributed by atoms with E-state index in [1.165, 1.54) is 11.3 Å². The van der Waals surface area contributed by atoms with Crippen LogP contribution < -0.4 is 10.2 Å². The van der Waals surface area contributed by atoms with Crippen molar-refractivity contribution in [3.05, 3.63) is 35.3 Å². The lowest BCUT2D eigenvalue weighted by atomic mass is 10.2. The van der Waals surface area contributed by atoms with Crippen molar-refractivity contribution >= 4 is 39.7 Å². The third-order valence-corrected chi connectivity index (χ3v) is 4.05. The SMILES string of the molecule is O=C(O)CCc1csc(N2CC(=O)Nc3ccccc32)n1. The minimum absolute atomic E-state index is 0.0558. The van der Waals surface area contributed by atoms with Gasteiger partial charge in [0.05, 0.1) is 23.5 Å². The molecule has 7 heteroatoms. The Morgan fingerprint density at radius 1 is 1.43 bits per heavy atom. The van der Waals surface area contributed by atoms with Crippen LogP contribution in [0.4, 0.5) is 16.5 Å². The van der Waals surface area contributed by atoms with Crippen LogP contribution in [0.3, 0.4) is 0 Å². The lowest BCUT2D eigenvalue weighted by molar-refractivity contribution is -0.137. The number of hydrogen-bond acceptors (Lipinski definition) is 5. The Morgan fingerprint density at radius 2 is 2.24 bits per heavy atom. The maximum atomic E-state index is 11.8. The molecule has 1 aliphatic rings. The Labute approximate surface area is 125 Å². The number of amides is 1. The Kier molecular flexibility index (Phi) is 3.57. The predicted octanol–water partition coefficient (Wildman–Crippen LogP) is 2.25. The first-order valence-corrected chi connectivity index (χ1v) is 7.34. The van der Waals surface area contributed by atoms with E-state index in [0.717, 1.165) is 17.1 Å². The summed E-state index contributed by atoms with van der Waals surface area (Å²) in [5, 5.41) is 14.1. The number of aryl methyl sites for hydroxylation is 1. The van der Waals surface area contributed by atoms with Gasteiger partial charge in [-0.1, -0.05) is 12.1 Å². The number of anilines is 3. The van der Waals surface area contributed by atoms with Crippen molar-refractivity contribution in [3.63, 3.8) is 0 Å². The largest absolute Gasteiger partial charge is 0.481 e. The van der Waals surface area contributed by atoms with Gasteiger partial charge in [0.15, 0.2) is 5.13 Å². The number of nitrogens with one attached hydrogen (secondary N) is 1. The first-order valence-electron chi connectivity index (χ1n) is 6.46. The second kappa shape index (κ2) is 5.53. The average Bonchev–Trinajstić information content (AvgIpc) is 2.93. The van der Waals surface area contributed by atoms with E-state index < -0.39 is 5.97 Å². The molecule has 6 nitrogen and oxygen atoms in total. The zero-order chi connectivity index (χ0) is 14.8. The molecule has 0 spiro atoms. The molecule has 2 N–H and O–H groups in total. The highest BCUT2D eigenvalue weighted by Crippen LogP contribution is 2.36. The van der Waals surface area contributed by atoms with E-state index in [2.05, 4.69) is 10.3 Å². The molecule has 0 unspecified atom stereocenters. The third-order valence-electron chi connectivity index (χ3n) is 3.14.